The quantitative estimate of drug-likeness (QED) is 0.477. The number of fused-ring (bicyclic) bond motifs is 1. The number of likely N-dealkylation sites (tertiary alicyclic amines) is 1. The number of benzene rings is 3. The van der Waals surface area contributed by atoms with Crippen molar-refractivity contribution in [3.8, 4) is 0 Å². The van der Waals surface area contributed by atoms with Crippen molar-refractivity contribution in [2.45, 2.75) is 38.6 Å². The molecule has 36 heavy (non-hydrogen) atoms. The van der Waals surface area contributed by atoms with Gasteiger partial charge in [0.25, 0.3) is 0 Å². The summed E-state index contributed by atoms with van der Waals surface area (Å²) in [6.45, 7) is 2.02. The summed E-state index contributed by atoms with van der Waals surface area (Å²) in [5.41, 5.74) is 3.74. The molecule has 2 aliphatic rings. The zero-order chi connectivity index (χ0) is 25.0. The van der Waals surface area contributed by atoms with Crippen LogP contribution in [-0.2, 0) is 24.2 Å². The fraction of sp³-hybridized carbons (Fsp3) is 0.300. The fourth-order valence-corrected chi connectivity index (χ4v) is 5.54. The largest absolute Gasteiger partial charge is 0.360 e. The number of hydrogen-bond acceptors (Lipinski definition) is 3. The molecule has 0 saturated carbocycles. The molecule has 0 bridgehead atoms. The predicted molar refractivity (Wildman–Crippen MR) is 146 cm³/mol. The lowest BCUT2D eigenvalue weighted by Gasteiger charge is -2.42. The highest BCUT2D eigenvalue weighted by Crippen LogP contribution is 2.36. The number of halogens is 1. The Balaban J connectivity index is 1.31. The molecule has 2 aliphatic heterocycles. The van der Waals surface area contributed by atoms with E-state index in [0.29, 0.717) is 18.0 Å². The van der Waals surface area contributed by atoms with Crippen molar-refractivity contribution in [3.05, 3.63) is 106 Å². The highest BCUT2D eigenvalue weighted by molar-refractivity contribution is 6.30. The molecule has 0 aliphatic carbocycles. The highest BCUT2D eigenvalue weighted by Gasteiger charge is 2.42. The van der Waals surface area contributed by atoms with Crippen molar-refractivity contribution in [2.75, 3.05) is 13.1 Å². The average Bonchev–Trinajstić information content (AvgIpc) is 3.07. The van der Waals surface area contributed by atoms with Crippen molar-refractivity contribution in [1.29, 1.82) is 5.41 Å². The summed E-state index contributed by atoms with van der Waals surface area (Å²) in [6.07, 6.45) is 3.78. The van der Waals surface area contributed by atoms with Gasteiger partial charge in [-0.25, -0.2) is 4.99 Å². The maximum atomic E-state index is 13.7. The van der Waals surface area contributed by atoms with Gasteiger partial charge in [-0.3, -0.25) is 10.2 Å². The van der Waals surface area contributed by atoms with E-state index in [-0.39, 0.29) is 11.7 Å². The molecule has 2 heterocycles. The van der Waals surface area contributed by atoms with Crippen molar-refractivity contribution in [2.24, 2.45) is 10.4 Å². The van der Waals surface area contributed by atoms with Crippen LogP contribution in [0.5, 0.6) is 0 Å². The normalized spacial score (nSPS) is 17.1. The van der Waals surface area contributed by atoms with Crippen LogP contribution >= 0.6 is 11.6 Å². The van der Waals surface area contributed by atoms with Crippen LogP contribution in [0, 0.1) is 10.8 Å². The monoisotopic (exact) mass is 498 g/mol. The molecule has 6 heteroatoms. The van der Waals surface area contributed by atoms with Crippen molar-refractivity contribution in [1.82, 2.24) is 10.2 Å². The first-order chi connectivity index (χ1) is 17.5. The molecule has 2 N–H and O–H groups in total. The first kappa shape index (κ1) is 24.3. The van der Waals surface area contributed by atoms with Crippen molar-refractivity contribution < 1.29 is 4.79 Å². The van der Waals surface area contributed by atoms with E-state index in [1.807, 2.05) is 66.7 Å². The number of carbonyl (C=O) groups is 1. The molecule has 184 valence electrons. The Morgan fingerprint density at radius 1 is 0.944 bits per heavy atom. The minimum atomic E-state index is -0.470. The molecule has 1 amide bonds. The first-order valence-corrected chi connectivity index (χ1v) is 13.0. The Morgan fingerprint density at radius 3 is 2.31 bits per heavy atom. The van der Waals surface area contributed by atoms with Crippen molar-refractivity contribution in [3.63, 3.8) is 0 Å². The summed E-state index contributed by atoms with van der Waals surface area (Å²) in [4.78, 5) is 20.6. The van der Waals surface area contributed by atoms with Gasteiger partial charge >= 0.3 is 0 Å². The number of nitrogens with one attached hydrogen (secondary N) is 2. The summed E-state index contributed by atoms with van der Waals surface area (Å²) in [6, 6.07) is 26.0. The van der Waals surface area contributed by atoms with E-state index in [2.05, 4.69) is 22.3 Å². The van der Waals surface area contributed by atoms with Gasteiger partial charge in [-0.1, -0.05) is 72.3 Å². The lowest BCUT2D eigenvalue weighted by atomic mass is 9.72. The molecule has 1 saturated heterocycles. The fourth-order valence-electron chi connectivity index (χ4n) is 5.35. The summed E-state index contributed by atoms with van der Waals surface area (Å²) in [7, 11) is 0. The number of aryl methyl sites for hydroxylation is 1. The third-order valence-electron chi connectivity index (χ3n) is 7.43. The molecular formula is C30H31ClN4O. The van der Waals surface area contributed by atoms with Crippen LogP contribution in [0.25, 0.3) is 0 Å². The van der Waals surface area contributed by atoms with Crippen LogP contribution in [0.4, 0.5) is 0 Å². The van der Waals surface area contributed by atoms with Gasteiger partial charge in [0.15, 0.2) is 5.84 Å². The van der Waals surface area contributed by atoms with E-state index < -0.39 is 5.41 Å². The lowest BCUT2D eigenvalue weighted by molar-refractivity contribution is -0.133. The molecule has 0 radical (unpaired) electrons. The van der Waals surface area contributed by atoms with Gasteiger partial charge in [-0.15, -0.1) is 0 Å². The average molecular weight is 499 g/mol. The SMILES string of the molecule is N=C1N=C(N2CCC(Cc3ccccc3)(C(=O)NCc3ccccc3)CC2)CCc2cc(Cl)ccc21. The number of piperidine rings is 1. The zero-order valence-corrected chi connectivity index (χ0v) is 21.1. The molecule has 0 unspecified atom stereocenters. The smallest absolute Gasteiger partial charge is 0.226 e. The van der Waals surface area contributed by atoms with E-state index in [1.165, 1.54) is 5.56 Å². The predicted octanol–water partition coefficient (Wildman–Crippen LogP) is 5.65. The van der Waals surface area contributed by atoms with Gasteiger partial charge in [0.05, 0.1) is 5.41 Å². The molecule has 0 spiro atoms. The van der Waals surface area contributed by atoms with Crippen LogP contribution in [0.2, 0.25) is 5.02 Å². The molecule has 0 atom stereocenters. The Bertz CT molecular complexity index is 1260. The molecule has 5 nitrogen and oxygen atoms in total. The number of rotatable bonds is 5. The van der Waals surface area contributed by atoms with E-state index in [9.17, 15) is 4.79 Å². The number of nitrogens with zero attached hydrogens (tertiary/aromatic N) is 2. The maximum Gasteiger partial charge on any atom is 0.226 e. The Labute approximate surface area is 217 Å². The topological polar surface area (TPSA) is 68.5 Å². The maximum absolute atomic E-state index is 13.7. The van der Waals surface area contributed by atoms with Gasteiger partial charge < -0.3 is 10.2 Å². The van der Waals surface area contributed by atoms with E-state index >= 15 is 0 Å². The lowest BCUT2D eigenvalue weighted by Crippen LogP contribution is -2.51. The number of carbonyl (C=O) groups excluding carboxylic acids is 1. The number of hydrogen-bond donors (Lipinski definition) is 2. The van der Waals surface area contributed by atoms with E-state index in [1.54, 1.807) is 0 Å². The minimum absolute atomic E-state index is 0.118. The standard InChI is InChI=1S/C30H31ClN4O/c31-25-12-13-26-24(19-25)11-14-27(34-28(26)32)35-17-15-30(16-18-35,20-22-7-3-1-4-8-22)29(36)33-21-23-9-5-2-6-10-23/h1-10,12-13,19,32H,11,14-18,20-21H2,(H,33,36). The van der Waals surface area contributed by atoms with Crippen LogP contribution in [-0.4, -0.2) is 35.6 Å². The Kier molecular flexibility index (Phi) is 7.19. The number of amidine groups is 2. The Hall–Kier alpha value is -3.44. The molecule has 3 aromatic carbocycles. The molecule has 3 aromatic rings. The third kappa shape index (κ3) is 5.36. The van der Waals surface area contributed by atoms with Crippen LogP contribution in [0.3, 0.4) is 0 Å². The summed E-state index contributed by atoms with van der Waals surface area (Å²) >= 11 is 6.20. The van der Waals surface area contributed by atoms with Gasteiger partial charge in [0, 0.05) is 36.6 Å². The molecule has 5 rings (SSSR count). The van der Waals surface area contributed by atoms with Crippen LogP contribution in [0.15, 0.2) is 83.9 Å². The summed E-state index contributed by atoms with van der Waals surface area (Å²) < 4.78 is 0. The minimum Gasteiger partial charge on any atom is -0.360 e. The second-order valence-corrected chi connectivity index (χ2v) is 10.2. The van der Waals surface area contributed by atoms with Crippen LogP contribution < -0.4 is 5.32 Å². The zero-order valence-electron chi connectivity index (χ0n) is 20.3. The Morgan fingerprint density at radius 2 is 1.61 bits per heavy atom. The highest BCUT2D eigenvalue weighted by atomic mass is 35.5. The number of aliphatic imine (C=N–C) groups is 1. The molecule has 1 fully saturated rings. The van der Waals surface area contributed by atoms with Crippen LogP contribution in [0.1, 0.15) is 41.5 Å². The third-order valence-corrected chi connectivity index (χ3v) is 7.66. The second-order valence-electron chi connectivity index (χ2n) is 9.78. The summed E-state index contributed by atoms with van der Waals surface area (Å²) in [5, 5.41) is 12.5. The van der Waals surface area contributed by atoms with E-state index in [4.69, 9.17) is 22.0 Å². The van der Waals surface area contributed by atoms with Gasteiger partial charge in [-0.05, 0) is 60.6 Å². The first-order valence-electron chi connectivity index (χ1n) is 12.6. The summed E-state index contributed by atoms with van der Waals surface area (Å²) in [5.74, 6) is 1.34. The molecule has 0 aromatic heterocycles. The van der Waals surface area contributed by atoms with Gasteiger partial charge in [0.2, 0.25) is 5.91 Å². The second kappa shape index (κ2) is 10.7. The molecular weight excluding hydrogens is 468 g/mol. The van der Waals surface area contributed by atoms with Gasteiger partial charge in [0.1, 0.15) is 5.84 Å². The van der Waals surface area contributed by atoms with Gasteiger partial charge in [-0.2, -0.15) is 0 Å². The number of amides is 1. The van der Waals surface area contributed by atoms with Crippen molar-refractivity contribution >= 4 is 29.2 Å². The van der Waals surface area contributed by atoms with E-state index in [0.717, 1.165) is 61.3 Å².